The number of likely N-dealkylation sites (tertiary alicyclic amines) is 1. The molecule has 26 heavy (non-hydrogen) atoms. The van der Waals surface area contributed by atoms with Gasteiger partial charge in [-0.1, -0.05) is 18.2 Å². The van der Waals surface area contributed by atoms with Gasteiger partial charge in [-0.25, -0.2) is 4.68 Å². The van der Waals surface area contributed by atoms with Gasteiger partial charge in [0.25, 0.3) is 0 Å². The summed E-state index contributed by atoms with van der Waals surface area (Å²) in [5.41, 5.74) is 1.95. The van der Waals surface area contributed by atoms with E-state index in [-0.39, 0.29) is 23.8 Å². The smallest absolute Gasteiger partial charge is 0.225 e. The molecule has 0 radical (unpaired) electrons. The number of hydrogen-bond acceptors (Lipinski definition) is 3. The van der Waals surface area contributed by atoms with Crippen molar-refractivity contribution in [2.24, 2.45) is 11.8 Å². The first-order valence-corrected chi connectivity index (χ1v) is 9.28. The predicted molar refractivity (Wildman–Crippen MR) is 97.4 cm³/mol. The van der Waals surface area contributed by atoms with Crippen LogP contribution in [-0.4, -0.2) is 39.1 Å². The first kappa shape index (κ1) is 16.8. The molecule has 1 aliphatic heterocycles. The van der Waals surface area contributed by atoms with E-state index < -0.39 is 0 Å². The van der Waals surface area contributed by atoms with E-state index in [0.717, 1.165) is 11.3 Å². The van der Waals surface area contributed by atoms with E-state index in [4.69, 9.17) is 0 Å². The van der Waals surface area contributed by atoms with E-state index in [9.17, 15) is 9.59 Å². The van der Waals surface area contributed by atoms with Crippen LogP contribution < -0.4 is 5.32 Å². The minimum absolute atomic E-state index is 0.0425. The van der Waals surface area contributed by atoms with Crippen molar-refractivity contribution in [2.45, 2.75) is 38.8 Å². The van der Waals surface area contributed by atoms with Crippen LogP contribution >= 0.6 is 0 Å². The lowest BCUT2D eigenvalue weighted by molar-refractivity contribution is -0.130. The number of benzene rings is 1. The molecule has 2 unspecified atom stereocenters. The van der Waals surface area contributed by atoms with Crippen molar-refractivity contribution in [3.8, 4) is 5.69 Å². The minimum Gasteiger partial charge on any atom is -0.352 e. The third-order valence-corrected chi connectivity index (χ3v) is 5.52. The summed E-state index contributed by atoms with van der Waals surface area (Å²) in [4.78, 5) is 26.8. The maximum Gasteiger partial charge on any atom is 0.225 e. The maximum atomic E-state index is 12.6. The van der Waals surface area contributed by atoms with Gasteiger partial charge in [0.05, 0.1) is 11.6 Å². The summed E-state index contributed by atoms with van der Waals surface area (Å²) in [5.74, 6) is 0.447. The third-order valence-electron chi connectivity index (χ3n) is 5.52. The predicted octanol–water partition coefficient (Wildman–Crippen LogP) is 2.14. The molecule has 1 aromatic carbocycles. The van der Waals surface area contributed by atoms with Gasteiger partial charge in [0, 0.05) is 37.9 Å². The number of para-hydroxylation sites is 1. The summed E-state index contributed by atoms with van der Waals surface area (Å²) in [6, 6.07) is 10.0. The van der Waals surface area contributed by atoms with E-state index in [1.807, 2.05) is 41.4 Å². The Morgan fingerprint density at radius 3 is 2.85 bits per heavy atom. The van der Waals surface area contributed by atoms with Crippen LogP contribution in [0, 0.1) is 11.8 Å². The molecule has 1 aromatic heterocycles. The number of carbonyl (C=O) groups is 2. The second-order valence-electron chi connectivity index (χ2n) is 7.32. The molecule has 2 fully saturated rings. The minimum atomic E-state index is -0.249. The third kappa shape index (κ3) is 3.36. The van der Waals surface area contributed by atoms with Crippen molar-refractivity contribution in [3.63, 3.8) is 0 Å². The number of carbonyl (C=O) groups excluding carboxylic acids is 2. The molecule has 4 rings (SSSR count). The zero-order chi connectivity index (χ0) is 18.1. The molecule has 1 saturated heterocycles. The summed E-state index contributed by atoms with van der Waals surface area (Å²) in [6.45, 7) is 3.08. The average molecular weight is 352 g/mol. The van der Waals surface area contributed by atoms with Crippen LogP contribution in [0.4, 0.5) is 0 Å². The summed E-state index contributed by atoms with van der Waals surface area (Å²) >= 11 is 0. The monoisotopic (exact) mass is 352 g/mol. The fourth-order valence-electron chi connectivity index (χ4n) is 3.76. The Hall–Kier alpha value is -2.63. The molecule has 136 valence electrons. The zero-order valence-electron chi connectivity index (χ0n) is 15.0. The Bertz CT molecular complexity index is 798. The van der Waals surface area contributed by atoms with Gasteiger partial charge in [0.15, 0.2) is 0 Å². The molecule has 2 heterocycles. The van der Waals surface area contributed by atoms with Crippen LogP contribution in [0.1, 0.15) is 31.7 Å². The number of aromatic nitrogens is 2. The molecule has 2 aromatic rings. The fourth-order valence-corrected chi connectivity index (χ4v) is 3.76. The summed E-state index contributed by atoms with van der Waals surface area (Å²) in [6.07, 6.45) is 6.34. The average Bonchev–Trinajstić information content (AvgIpc) is 3.21. The van der Waals surface area contributed by atoms with E-state index in [1.54, 1.807) is 10.9 Å². The first-order valence-electron chi connectivity index (χ1n) is 9.28. The molecule has 2 amide bonds. The van der Waals surface area contributed by atoms with Crippen LogP contribution in [0.2, 0.25) is 0 Å². The molecule has 1 saturated carbocycles. The highest BCUT2D eigenvalue weighted by atomic mass is 16.2. The molecule has 2 aliphatic rings. The van der Waals surface area contributed by atoms with E-state index in [0.29, 0.717) is 25.4 Å². The van der Waals surface area contributed by atoms with Crippen LogP contribution in [0.3, 0.4) is 0 Å². The quantitative estimate of drug-likeness (QED) is 0.866. The Kier molecular flexibility index (Phi) is 4.49. The number of rotatable bonds is 6. The van der Waals surface area contributed by atoms with Gasteiger partial charge in [0.1, 0.15) is 0 Å². The molecule has 0 spiro atoms. The second kappa shape index (κ2) is 6.94. The summed E-state index contributed by atoms with van der Waals surface area (Å²) in [7, 11) is 0. The van der Waals surface area contributed by atoms with Gasteiger partial charge in [0.2, 0.25) is 11.8 Å². The molecule has 0 bridgehead atoms. The van der Waals surface area contributed by atoms with Gasteiger partial charge >= 0.3 is 0 Å². The molecule has 6 heteroatoms. The van der Waals surface area contributed by atoms with Crippen molar-refractivity contribution in [1.29, 1.82) is 0 Å². The van der Waals surface area contributed by atoms with Crippen molar-refractivity contribution in [3.05, 3.63) is 48.3 Å². The van der Waals surface area contributed by atoms with Gasteiger partial charge in [-0.05, 0) is 43.4 Å². The normalized spacial score (nSPS) is 21.0. The van der Waals surface area contributed by atoms with Crippen molar-refractivity contribution < 1.29 is 9.59 Å². The fraction of sp³-hybridized carbons (Fsp3) is 0.450. The molecular weight excluding hydrogens is 328 g/mol. The number of nitrogens with zero attached hydrogens (tertiary/aromatic N) is 3. The van der Waals surface area contributed by atoms with E-state index in [2.05, 4.69) is 17.3 Å². The topological polar surface area (TPSA) is 67.2 Å². The van der Waals surface area contributed by atoms with Gasteiger partial charge in [-0.15, -0.1) is 0 Å². The van der Waals surface area contributed by atoms with Gasteiger partial charge in [-0.2, -0.15) is 5.10 Å². The largest absolute Gasteiger partial charge is 0.352 e. The van der Waals surface area contributed by atoms with Crippen molar-refractivity contribution in [1.82, 2.24) is 20.0 Å². The lowest BCUT2D eigenvalue weighted by Gasteiger charge is -2.24. The Morgan fingerprint density at radius 2 is 2.12 bits per heavy atom. The van der Waals surface area contributed by atoms with Gasteiger partial charge in [-0.3, -0.25) is 9.59 Å². The van der Waals surface area contributed by atoms with Crippen molar-refractivity contribution in [2.75, 3.05) is 6.54 Å². The Morgan fingerprint density at radius 1 is 1.31 bits per heavy atom. The Labute approximate surface area is 153 Å². The lowest BCUT2D eigenvalue weighted by atomic mass is 10.1. The standard InChI is InChI=1S/C20H24N4O2/c1-14(15-7-8-15)23-13-17(11-19(23)25)20(26)21-12-16-5-2-3-6-18(16)24-10-4-9-22-24/h2-6,9-10,14-15,17H,7-8,11-13H2,1H3,(H,21,26). The van der Waals surface area contributed by atoms with E-state index in [1.165, 1.54) is 12.8 Å². The number of amides is 2. The maximum absolute atomic E-state index is 12.6. The first-order chi connectivity index (χ1) is 12.6. The van der Waals surface area contributed by atoms with Crippen molar-refractivity contribution >= 4 is 11.8 Å². The highest BCUT2D eigenvalue weighted by Gasteiger charge is 2.41. The molecule has 1 N–H and O–H groups in total. The SMILES string of the molecule is CC(C1CC1)N1CC(C(=O)NCc2ccccc2-n2cccn2)CC1=O. The zero-order valence-corrected chi connectivity index (χ0v) is 15.0. The van der Waals surface area contributed by atoms with Crippen LogP contribution in [0.5, 0.6) is 0 Å². The highest BCUT2D eigenvalue weighted by molar-refractivity contribution is 5.89. The molecule has 2 atom stereocenters. The van der Waals surface area contributed by atoms with Crippen LogP contribution in [-0.2, 0) is 16.1 Å². The molecular formula is C20H24N4O2. The molecule has 6 nitrogen and oxygen atoms in total. The number of hydrogen-bond donors (Lipinski definition) is 1. The van der Waals surface area contributed by atoms with Crippen LogP contribution in [0.15, 0.2) is 42.7 Å². The van der Waals surface area contributed by atoms with Crippen LogP contribution in [0.25, 0.3) is 5.69 Å². The number of nitrogens with one attached hydrogen (secondary N) is 1. The lowest BCUT2D eigenvalue weighted by Crippen LogP contribution is -2.37. The second-order valence-corrected chi connectivity index (χ2v) is 7.32. The molecule has 1 aliphatic carbocycles. The Balaban J connectivity index is 1.38. The van der Waals surface area contributed by atoms with E-state index >= 15 is 0 Å². The summed E-state index contributed by atoms with van der Waals surface area (Å²) in [5, 5.41) is 7.28. The van der Waals surface area contributed by atoms with Gasteiger partial charge < -0.3 is 10.2 Å². The summed E-state index contributed by atoms with van der Waals surface area (Å²) < 4.78 is 1.79. The highest BCUT2D eigenvalue weighted by Crippen LogP contribution is 2.37.